The predicted molar refractivity (Wildman–Crippen MR) is 82.7 cm³/mol. The molecule has 0 aromatic heterocycles. The van der Waals surface area contributed by atoms with Gasteiger partial charge >= 0.3 is 6.61 Å². The molecule has 0 aliphatic heterocycles. The van der Waals surface area contributed by atoms with Crippen LogP contribution >= 0.6 is 0 Å². The molecule has 0 saturated carbocycles. The Balaban J connectivity index is 2.00. The Hall–Kier alpha value is -2.25. The second-order valence-corrected chi connectivity index (χ2v) is 5.02. The normalized spacial score (nSPS) is 12.2. The average molecular weight is 341 g/mol. The molecule has 2 rings (SSSR count). The molecule has 2 aromatic carbocycles. The topological polar surface area (TPSA) is 50.7 Å². The third kappa shape index (κ3) is 4.87. The molecule has 0 spiro atoms. The Labute approximate surface area is 137 Å². The van der Waals surface area contributed by atoms with Crippen LogP contribution < -0.4 is 14.8 Å². The fourth-order valence-corrected chi connectivity index (χ4v) is 2.21. The fourth-order valence-electron chi connectivity index (χ4n) is 2.21. The van der Waals surface area contributed by atoms with E-state index in [1.165, 1.54) is 31.4 Å². The van der Waals surface area contributed by atoms with E-state index in [-0.39, 0.29) is 24.4 Å². The smallest absolute Gasteiger partial charge is 0.387 e. The first kappa shape index (κ1) is 18.1. The Morgan fingerprint density at radius 2 is 1.92 bits per heavy atom. The molecule has 0 radical (unpaired) electrons. The quantitative estimate of drug-likeness (QED) is 0.774. The lowest BCUT2D eigenvalue weighted by atomic mass is 10.1. The molecule has 24 heavy (non-hydrogen) atoms. The summed E-state index contributed by atoms with van der Waals surface area (Å²) in [7, 11) is 1.42. The number of rotatable bonds is 8. The van der Waals surface area contributed by atoms with Crippen molar-refractivity contribution in [2.75, 3.05) is 13.7 Å². The Bertz CT molecular complexity index is 667. The monoisotopic (exact) mass is 341 g/mol. The third-order valence-corrected chi connectivity index (χ3v) is 3.41. The molecule has 0 saturated heterocycles. The molecule has 0 aliphatic carbocycles. The summed E-state index contributed by atoms with van der Waals surface area (Å²) >= 11 is 0. The van der Waals surface area contributed by atoms with Crippen molar-refractivity contribution < 1.29 is 27.8 Å². The fraction of sp³-hybridized carbons (Fsp3) is 0.294. The molecule has 0 heterocycles. The molecule has 2 aromatic rings. The molecule has 0 bridgehead atoms. The minimum Gasteiger partial charge on any atom is -0.497 e. The highest BCUT2D eigenvalue weighted by Crippen LogP contribution is 2.26. The summed E-state index contributed by atoms with van der Waals surface area (Å²) in [5.74, 6) is -0.129. The van der Waals surface area contributed by atoms with Gasteiger partial charge in [0.1, 0.15) is 17.3 Å². The lowest BCUT2D eigenvalue weighted by molar-refractivity contribution is -0.0506. The minimum atomic E-state index is -2.96. The van der Waals surface area contributed by atoms with Gasteiger partial charge < -0.3 is 19.9 Å². The zero-order valence-corrected chi connectivity index (χ0v) is 13.0. The van der Waals surface area contributed by atoms with Crippen molar-refractivity contribution in [3.05, 3.63) is 59.4 Å². The van der Waals surface area contributed by atoms with E-state index in [0.29, 0.717) is 11.3 Å². The maximum Gasteiger partial charge on any atom is 0.387 e. The largest absolute Gasteiger partial charge is 0.497 e. The predicted octanol–water partition coefficient (Wildman–Crippen LogP) is 3.26. The summed E-state index contributed by atoms with van der Waals surface area (Å²) in [4.78, 5) is 0. The Morgan fingerprint density at radius 3 is 2.58 bits per heavy atom. The van der Waals surface area contributed by atoms with E-state index in [0.717, 1.165) is 0 Å². The number of aliphatic hydroxyl groups excluding tert-OH is 1. The van der Waals surface area contributed by atoms with Crippen LogP contribution in [0.4, 0.5) is 13.2 Å². The Morgan fingerprint density at radius 1 is 1.17 bits per heavy atom. The molecule has 1 atom stereocenters. The summed E-state index contributed by atoms with van der Waals surface area (Å²) in [5, 5.41) is 12.9. The SMILES string of the molecule is COc1ccc(CNCC(O)c2ccccc2F)c(OC(F)F)c1. The number of halogens is 3. The number of ether oxygens (including phenoxy) is 2. The first-order chi connectivity index (χ1) is 11.5. The van der Waals surface area contributed by atoms with Crippen LogP contribution in [0.1, 0.15) is 17.2 Å². The van der Waals surface area contributed by atoms with E-state index < -0.39 is 18.5 Å². The highest BCUT2D eigenvalue weighted by Gasteiger charge is 2.14. The number of methoxy groups -OCH3 is 1. The molecule has 2 N–H and O–H groups in total. The molecule has 7 heteroatoms. The van der Waals surface area contributed by atoms with Gasteiger partial charge in [-0.05, 0) is 12.1 Å². The van der Waals surface area contributed by atoms with Crippen LogP contribution in [0.25, 0.3) is 0 Å². The summed E-state index contributed by atoms with van der Waals surface area (Å²) in [6, 6.07) is 10.5. The van der Waals surface area contributed by atoms with Crippen molar-refractivity contribution in [3.8, 4) is 11.5 Å². The number of alkyl halides is 2. The maximum atomic E-state index is 13.6. The van der Waals surface area contributed by atoms with Crippen LogP contribution in [0, 0.1) is 5.82 Å². The molecular formula is C17H18F3NO3. The van der Waals surface area contributed by atoms with Gasteiger partial charge in [0, 0.05) is 30.3 Å². The van der Waals surface area contributed by atoms with Crippen LogP contribution in [0.15, 0.2) is 42.5 Å². The van der Waals surface area contributed by atoms with Crippen molar-refractivity contribution in [2.24, 2.45) is 0 Å². The molecule has 0 fully saturated rings. The number of benzene rings is 2. The van der Waals surface area contributed by atoms with Crippen LogP contribution in [0.3, 0.4) is 0 Å². The van der Waals surface area contributed by atoms with Crippen LogP contribution in [-0.2, 0) is 6.54 Å². The molecule has 130 valence electrons. The highest BCUT2D eigenvalue weighted by atomic mass is 19.3. The van der Waals surface area contributed by atoms with Crippen molar-refractivity contribution in [1.29, 1.82) is 0 Å². The van der Waals surface area contributed by atoms with E-state index in [9.17, 15) is 18.3 Å². The standard InChI is InChI=1S/C17H18F3NO3/c1-23-12-7-6-11(16(8-12)24-17(19)20)9-21-10-15(22)13-4-2-3-5-14(13)18/h2-8,15,17,21-22H,9-10H2,1H3. The van der Waals surface area contributed by atoms with Gasteiger partial charge in [-0.25, -0.2) is 4.39 Å². The highest BCUT2D eigenvalue weighted by molar-refractivity contribution is 5.40. The molecule has 0 aliphatic rings. The first-order valence-electron chi connectivity index (χ1n) is 7.26. The van der Waals surface area contributed by atoms with E-state index in [1.54, 1.807) is 18.2 Å². The second kappa shape index (κ2) is 8.56. The number of hydrogen-bond donors (Lipinski definition) is 2. The van der Waals surface area contributed by atoms with Gasteiger partial charge in [0.15, 0.2) is 0 Å². The van der Waals surface area contributed by atoms with Crippen molar-refractivity contribution in [1.82, 2.24) is 5.32 Å². The van der Waals surface area contributed by atoms with Crippen molar-refractivity contribution in [3.63, 3.8) is 0 Å². The molecule has 4 nitrogen and oxygen atoms in total. The van der Waals surface area contributed by atoms with Crippen molar-refractivity contribution >= 4 is 0 Å². The lowest BCUT2D eigenvalue weighted by Crippen LogP contribution is -2.22. The summed E-state index contributed by atoms with van der Waals surface area (Å²) in [5.41, 5.74) is 0.639. The number of nitrogens with one attached hydrogen (secondary N) is 1. The summed E-state index contributed by atoms with van der Waals surface area (Å²) in [6.07, 6.45) is -1.05. The van der Waals surface area contributed by atoms with Gasteiger partial charge in [-0.3, -0.25) is 0 Å². The maximum absolute atomic E-state index is 13.6. The van der Waals surface area contributed by atoms with Crippen LogP contribution in [0.5, 0.6) is 11.5 Å². The summed E-state index contributed by atoms with van der Waals surface area (Å²) in [6.45, 7) is -2.74. The van der Waals surface area contributed by atoms with Gasteiger partial charge in [-0.2, -0.15) is 8.78 Å². The molecule has 1 unspecified atom stereocenters. The van der Waals surface area contributed by atoms with Gasteiger partial charge in [-0.15, -0.1) is 0 Å². The lowest BCUT2D eigenvalue weighted by Gasteiger charge is -2.15. The van der Waals surface area contributed by atoms with Gasteiger partial charge in [0.2, 0.25) is 0 Å². The van der Waals surface area contributed by atoms with Gasteiger partial charge in [0.25, 0.3) is 0 Å². The van der Waals surface area contributed by atoms with E-state index >= 15 is 0 Å². The molecule has 0 amide bonds. The number of hydrogen-bond acceptors (Lipinski definition) is 4. The van der Waals surface area contributed by atoms with E-state index in [2.05, 4.69) is 10.1 Å². The van der Waals surface area contributed by atoms with Gasteiger partial charge in [-0.1, -0.05) is 24.3 Å². The van der Waals surface area contributed by atoms with E-state index in [1.807, 2.05) is 0 Å². The molecular weight excluding hydrogens is 323 g/mol. The minimum absolute atomic E-state index is 0.0165. The van der Waals surface area contributed by atoms with Crippen LogP contribution in [-0.4, -0.2) is 25.4 Å². The zero-order valence-electron chi connectivity index (χ0n) is 13.0. The Kier molecular flexibility index (Phi) is 6.45. The summed E-state index contributed by atoms with van der Waals surface area (Å²) < 4.78 is 48.0. The first-order valence-corrected chi connectivity index (χ1v) is 7.26. The second-order valence-electron chi connectivity index (χ2n) is 5.02. The van der Waals surface area contributed by atoms with Crippen molar-refractivity contribution in [2.45, 2.75) is 19.3 Å². The zero-order chi connectivity index (χ0) is 17.5. The third-order valence-electron chi connectivity index (χ3n) is 3.41. The van der Waals surface area contributed by atoms with Gasteiger partial charge in [0.05, 0.1) is 13.2 Å². The average Bonchev–Trinajstić information content (AvgIpc) is 2.55. The number of aliphatic hydroxyl groups is 1. The van der Waals surface area contributed by atoms with E-state index in [4.69, 9.17) is 4.74 Å². The van der Waals surface area contributed by atoms with Crippen LogP contribution in [0.2, 0.25) is 0 Å².